The van der Waals surface area contributed by atoms with Crippen LogP contribution in [-0.4, -0.2) is 67.3 Å². The third-order valence-corrected chi connectivity index (χ3v) is 7.55. The normalized spacial score (nSPS) is 22.6. The molecule has 2 aromatic heterocycles. The topological polar surface area (TPSA) is 128 Å². The molecule has 0 radical (unpaired) electrons. The summed E-state index contributed by atoms with van der Waals surface area (Å²) in [6, 6.07) is 18.2. The van der Waals surface area contributed by atoms with Crippen LogP contribution in [0.2, 0.25) is 0 Å². The standard InChI is InChI=1S/C33H38N4O7/c1-32(2,3)44-31(39)37-23(17-38)27-28(43-33(4,5)42-27)26(37)22-16-34-25-24(22)35-30(41-19-21-14-10-7-11-15-21)36-29(25)40-18-20-12-8-6-9-13-20/h6-16,23,26-28,34,38H,17-19H2,1-5H3/t23-,26+,27-,28+/m1/s1. The molecule has 2 aromatic carbocycles. The third kappa shape index (κ3) is 6.08. The maximum atomic E-state index is 13.7. The maximum absolute atomic E-state index is 13.7. The van der Waals surface area contributed by atoms with Crippen LogP contribution in [0.15, 0.2) is 66.9 Å². The average Bonchev–Trinajstić information content (AvgIpc) is 3.63. The monoisotopic (exact) mass is 602 g/mol. The van der Waals surface area contributed by atoms with Crippen LogP contribution in [0, 0.1) is 0 Å². The second kappa shape index (κ2) is 11.7. The molecular weight excluding hydrogens is 564 g/mol. The van der Waals surface area contributed by atoms with Crippen molar-refractivity contribution in [2.24, 2.45) is 0 Å². The van der Waals surface area contributed by atoms with E-state index in [0.717, 1.165) is 11.1 Å². The van der Waals surface area contributed by atoms with Crippen molar-refractivity contribution in [3.8, 4) is 11.9 Å². The fraction of sp³-hybridized carbons (Fsp3) is 0.424. The predicted molar refractivity (Wildman–Crippen MR) is 161 cm³/mol. The van der Waals surface area contributed by atoms with Crippen molar-refractivity contribution < 1.29 is 33.6 Å². The van der Waals surface area contributed by atoms with Crippen molar-refractivity contribution in [2.45, 2.75) is 83.5 Å². The first kappa shape index (κ1) is 29.9. The Hall–Kier alpha value is -4.19. The van der Waals surface area contributed by atoms with Gasteiger partial charge in [0.25, 0.3) is 0 Å². The van der Waals surface area contributed by atoms with Crippen LogP contribution >= 0.6 is 0 Å². The molecule has 2 fully saturated rings. The molecule has 0 spiro atoms. The van der Waals surface area contributed by atoms with Gasteiger partial charge in [-0.15, -0.1) is 0 Å². The van der Waals surface area contributed by atoms with Gasteiger partial charge in [0.15, 0.2) is 5.79 Å². The van der Waals surface area contributed by atoms with Crippen LogP contribution in [0.25, 0.3) is 11.0 Å². The average molecular weight is 603 g/mol. The second-order valence-electron chi connectivity index (χ2n) is 12.5. The number of hydrogen-bond donors (Lipinski definition) is 2. The number of nitrogens with one attached hydrogen (secondary N) is 1. The number of benzene rings is 2. The maximum Gasteiger partial charge on any atom is 0.411 e. The zero-order valence-corrected chi connectivity index (χ0v) is 25.5. The number of aliphatic hydroxyl groups is 1. The van der Waals surface area contributed by atoms with E-state index >= 15 is 0 Å². The molecule has 11 nitrogen and oxygen atoms in total. The Morgan fingerprint density at radius 3 is 2.18 bits per heavy atom. The van der Waals surface area contributed by atoms with Gasteiger partial charge in [-0.05, 0) is 45.7 Å². The molecule has 6 rings (SSSR count). The Morgan fingerprint density at radius 2 is 1.57 bits per heavy atom. The number of amides is 1. The Bertz CT molecular complexity index is 1600. The highest BCUT2D eigenvalue weighted by Crippen LogP contribution is 2.49. The molecule has 0 saturated carbocycles. The summed E-state index contributed by atoms with van der Waals surface area (Å²) >= 11 is 0. The van der Waals surface area contributed by atoms with Crippen molar-refractivity contribution in [1.29, 1.82) is 0 Å². The number of likely N-dealkylation sites (tertiary alicyclic amines) is 1. The van der Waals surface area contributed by atoms with Gasteiger partial charge in [-0.1, -0.05) is 60.7 Å². The van der Waals surface area contributed by atoms with Gasteiger partial charge in [0, 0.05) is 11.8 Å². The van der Waals surface area contributed by atoms with E-state index in [1.165, 1.54) is 4.90 Å². The number of aromatic amines is 1. The number of fused-ring (bicyclic) bond motifs is 2. The second-order valence-corrected chi connectivity index (χ2v) is 12.5. The van der Waals surface area contributed by atoms with Crippen LogP contribution in [0.4, 0.5) is 4.79 Å². The zero-order chi connectivity index (χ0) is 31.1. The highest BCUT2D eigenvalue weighted by atomic mass is 16.8. The predicted octanol–water partition coefficient (Wildman–Crippen LogP) is 5.29. The molecule has 4 atom stereocenters. The molecule has 2 saturated heterocycles. The summed E-state index contributed by atoms with van der Waals surface area (Å²) in [4.78, 5) is 27.9. The molecule has 4 heterocycles. The van der Waals surface area contributed by atoms with Gasteiger partial charge in [-0.3, -0.25) is 4.90 Å². The smallest absolute Gasteiger partial charge is 0.411 e. The van der Waals surface area contributed by atoms with E-state index in [2.05, 4.69) is 9.97 Å². The zero-order valence-electron chi connectivity index (χ0n) is 25.5. The van der Waals surface area contributed by atoms with Crippen LogP contribution in [0.1, 0.15) is 57.4 Å². The van der Waals surface area contributed by atoms with Crippen molar-refractivity contribution >= 4 is 17.1 Å². The highest BCUT2D eigenvalue weighted by Gasteiger charge is 2.60. The van der Waals surface area contributed by atoms with Gasteiger partial charge in [-0.25, -0.2) is 4.79 Å². The molecule has 4 aromatic rings. The third-order valence-electron chi connectivity index (χ3n) is 7.55. The Balaban J connectivity index is 1.43. The summed E-state index contributed by atoms with van der Waals surface area (Å²) in [5.41, 5.74) is 2.83. The number of aliphatic hydroxyl groups excluding tert-OH is 1. The largest absolute Gasteiger partial charge is 0.471 e. The van der Waals surface area contributed by atoms with Gasteiger partial charge < -0.3 is 33.8 Å². The van der Waals surface area contributed by atoms with Gasteiger partial charge in [0.2, 0.25) is 5.88 Å². The lowest BCUT2D eigenvalue weighted by molar-refractivity contribution is -0.168. The fourth-order valence-electron chi connectivity index (χ4n) is 5.78. The molecule has 11 heteroatoms. The molecule has 1 amide bonds. The van der Waals surface area contributed by atoms with Crippen LogP contribution in [-0.2, 0) is 27.4 Å². The summed E-state index contributed by atoms with van der Waals surface area (Å²) < 4.78 is 30.7. The van der Waals surface area contributed by atoms with Crippen LogP contribution in [0.5, 0.6) is 11.9 Å². The van der Waals surface area contributed by atoms with E-state index in [4.69, 9.17) is 28.7 Å². The van der Waals surface area contributed by atoms with Crippen LogP contribution in [0.3, 0.4) is 0 Å². The summed E-state index contributed by atoms with van der Waals surface area (Å²) in [6.45, 7) is 9.21. The molecule has 232 valence electrons. The molecule has 0 bridgehead atoms. The molecule has 2 aliphatic rings. The van der Waals surface area contributed by atoms with E-state index in [1.807, 2.05) is 74.5 Å². The quantitative estimate of drug-likeness (QED) is 0.277. The lowest BCUT2D eigenvalue weighted by Gasteiger charge is -2.34. The lowest BCUT2D eigenvalue weighted by Crippen LogP contribution is -2.47. The Kier molecular flexibility index (Phi) is 7.95. The van der Waals surface area contributed by atoms with Crippen molar-refractivity contribution in [3.05, 3.63) is 83.6 Å². The highest BCUT2D eigenvalue weighted by molar-refractivity contribution is 5.85. The first-order valence-electron chi connectivity index (χ1n) is 14.7. The summed E-state index contributed by atoms with van der Waals surface area (Å²) in [5, 5.41) is 10.5. The fourth-order valence-corrected chi connectivity index (χ4v) is 5.78. The van der Waals surface area contributed by atoms with E-state index in [1.54, 1.807) is 27.0 Å². The molecule has 2 N–H and O–H groups in total. The summed E-state index contributed by atoms with van der Waals surface area (Å²) in [5.74, 6) is -0.620. The first-order chi connectivity index (χ1) is 21.0. The number of carbonyl (C=O) groups excluding carboxylic acids is 1. The van der Waals surface area contributed by atoms with Crippen molar-refractivity contribution in [3.63, 3.8) is 0 Å². The number of carbonyl (C=O) groups is 1. The summed E-state index contributed by atoms with van der Waals surface area (Å²) in [6.07, 6.45) is -0.0261. The van der Waals surface area contributed by atoms with Crippen LogP contribution < -0.4 is 9.47 Å². The molecular formula is C33H38N4O7. The van der Waals surface area contributed by atoms with Gasteiger partial charge >= 0.3 is 12.1 Å². The van der Waals surface area contributed by atoms with Gasteiger partial charge in [0.1, 0.15) is 42.1 Å². The van der Waals surface area contributed by atoms with Gasteiger partial charge in [-0.2, -0.15) is 9.97 Å². The number of ether oxygens (including phenoxy) is 5. The number of aromatic nitrogens is 3. The first-order valence-corrected chi connectivity index (χ1v) is 14.7. The van der Waals surface area contributed by atoms with E-state index < -0.39 is 41.8 Å². The molecule has 44 heavy (non-hydrogen) atoms. The minimum Gasteiger partial charge on any atom is -0.471 e. The van der Waals surface area contributed by atoms with Gasteiger partial charge in [0.05, 0.1) is 18.7 Å². The molecule has 0 aliphatic carbocycles. The van der Waals surface area contributed by atoms with Crippen molar-refractivity contribution in [1.82, 2.24) is 19.9 Å². The Morgan fingerprint density at radius 1 is 0.955 bits per heavy atom. The Labute approximate surface area is 256 Å². The lowest BCUT2D eigenvalue weighted by atomic mass is 10.0. The minimum absolute atomic E-state index is 0.117. The van der Waals surface area contributed by atoms with E-state index in [0.29, 0.717) is 22.5 Å². The van der Waals surface area contributed by atoms with Crippen molar-refractivity contribution in [2.75, 3.05) is 6.61 Å². The number of H-pyrrole nitrogens is 1. The van der Waals surface area contributed by atoms with E-state index in [-0.39, 0.29) is 25.8 Å². The number of hydrogen-bond acceptors (Lipinski definition) is 9. The summed E-state index contributed by atoms with van der Waals surface area (Å²) in [7, 11) is 0. The number of nitrogens with zero attached hydrogens (tertiary/aromatic N) is 3. The molecule has 2 aliphatic heterocycles. The SMILES string of the molecule is CC(C)(C)OC(=O)N1[C@H](CO)[C@H]2OC(C)(C)O[C@H]2[C@@H]1c1c[nH]c2c(OCc3ccccc3)nc(OCc3ccccc3)nc12. The number of rotatable bonds is 8. The minimum atomic E-state index is -0.921. The van der Waals surface area contributed by atoms with E-state index in [9.17, 15) is 9.90 Å². The molecule has 0 unspecified atom stereocenters.